The molecule has 1 aromatic carbocycles. The van der Waals surface area contributed by atoms with Crippen molar-refractivity contribution in [2.24, 2.45) is 5.41 Å². The number of nitrogen functional groups attached to an aromatic ring is 1. The largest absolute Gasteiger partial charge is 0.478 e. The Morgan fingerprint density at radius 3 is 2.60 bits per heavy atom. The maximum Gasteiger partial charge on any atom is 0.338 e. The molecule has 0 aliphatic carbocycles. The van der Waals surface area contributed by atoms with E-state index < -0.39 is 11.8 Å². The summed E-state index contributed by atoms with van der Waals surface area (Å²) < 4.78 is 13.8. The van der Waals surface area contributed by atoms with Crippen LogP contribution in [-0.2, 0) is 0 Å². The molecular formula is C15H21FN2O2. The summed E-state index contributed by atoms with van der Waals surface area (Å²) in [5.74, 6) is -2.02. The number of nitrogens with zero attached hydrogens (tertiary/aromatic N) is 1. The molecule has 1 heterocycles. The Kier molecular flexibility index (Phi) is 3.88. The number of carbonyl (C=O) groups is 1. The lowest BCUT2D eigenvalue weighted by Crippen LogP contribution is -2.27. The lowest BCUT2D eigenvalue weighted by molar-refractivity contribution is 0.0692. The molecule has 0 atom stereocenters. The Balaban J connectivity index is 2.31. The average Bonchev–Trinajstić information content (AvgIpc) is 2.85. The van der Waals surface area contributed by atoms with E-state index in [4.69, 9.17) is 10.8 Å². The molecule has 3 N–H and O–H groups in total. The zero-order chi connectivity index (χ0) is 14.9. The Morgan fingerprint density at radius 2 is 2.10 bits per heavy atom. The molecule has 1 fully saturated rings. The summed E-state index contributed by atoms with van der Waals surface area (Å²) in [6.07, 6.45) is 3.22. The van der Waals surface area contributed by atoms with Gasteiger partial charge in [-0.3, -0.25) is 0 Å². The molecule has 1 aromatic rings. The van der Waals surface area contributed by atoms with Crippen molar-refractivity contribution in [1.82, 2.24) is 0 Å². The lowest BCUT2D eigenvalue weighted by Gasteiger charge is -2.28. The van der Waals surface area contributed by atoms with Gasteiger partial charge in [-0.1, -0.05) is 13.8 Å². The first kappa shape index (κ1) is 14.6. The van der Waals surface area contributed by atoms with Crippen molar-refractivity contribution in [3.05, 3.63) is 23.5 Å². The second-order valence-electron chi connectivity index (χ2n) is 5.57. The van der Waals surface area contributed by atoms with Gasteiger partial charge in [0.1, 0.15) is 5.82 Å². The predicted molar refractivity (Wildman–Crippen MR) is 77.6 cm³/mol. The third kappa shape index (κ3) is 2.44. The van der Waals surface area contributed by atoms with Crippen molar-refractivity contribution in [1.29, 1.82) is 0 Å². The minimum absolute atomic E-state index is 0.258. The number of rotatable bonds is 4. The number of nitrogens with two attached hydrogens (primary N) is 1. The van der Waals surface area contributed by atoms with Crippen LogP contribution in [-0.4, -0.2) is 24.2 Å². The number of benzene rings is 1. The van der Waals surface area contributed by atoms with Crippen molar-refractivity contribution in [3.8, 4) is 0 Å². The molecule has 0 amide bonds. The fourth-order valence-electron chi connectivity index (χ4n) is 2.99. The summed E-state index contributed by atoms with van der Waals surface area (Å²) >= 11 is 0. The van der Waals surface area contributed by atoms with Crippen LogP contribution in [0.2, 0.25) is 0 Å². The van der Waals surface area contributed by atoms with Gasteiger partial charge in [0.2, 0.25) is 0 Å². The monoisotopic (exact) mass is 280 g/mol. The van der Waals surface area contributed by atoms with Gasteiger partial charge in [-0.05, 0) is 30.7 Å². The van der Waals surface area contributed by atoms with Crippen LogP contribution in [0.25, 0.3) is 0 Å². The topological polar surface area (TPSA) is 66.6 Å². The number of hydrogen-bond donors (Lipinski definition) is 2. The van der Waals surface area contributed by atoms with Gasteiger partial charge in [0.15, 0.2) is 0 Å². The summed E-state index contributed by atoms with van der Waals surface area (Å²) in [7, 11) is 0. The number of hydrogen-bond acceptors (Lipinski definition) is 3. The second kappa shape index (κ2) is 5.31. The zero-order valence-electron chi connectivity index (χ0n) is 11.9. The third-order valence-corrected chi connectivity index (χ3v) is 4.63. The molecule has 0 spiro atoms. The van der Waals surface area contributed by atoms with E-state index >= 15 is 0 Å². The molecule has 2 rings (SSSR count). The highest BCUT2D eigenvalue weighted by molar-refractivity contribution is 5.91. The normalized spacial score (nSPS) is 17.4. The summed E-state index contributed by atoms with van der Waals surface area (Å²) in [6.45, 7) is 6.02. The number of anilines is 2. The average molecular weight is 280 g/mol. The Hall–Kier alpha value is -1.78. The molecule has 0 aromatic heterocycles. The van der Waals surface area contributed by atoms with Gasteiger partial charge in [-0.2, -0.15) is 0 Å². The predicted octanol–water partition coefficient (Wildman–Crippen LogP) is 3.12. The molecular weight excluding hydrogens is 259 g/mol. The van der Waals surface area contributed by atoms with Crippen molar-refractivity contribution >= 4 is 17.3 Å². The summed E-state index contributed by atoms with van der Waals surface area (Å²) in [4.78, 5) is 13.0. The van der Waals surface area contributed by atoms with Crippen LogP contribution in [0.1, 0.15) is 43.5 Å². The first-order valence-electron chi connectivity index (χ1n) is 6.99. The van der Waals surface area contributed by atoms with E-state index in [0.29, 0.717) is 11.4 Å². The Morgan fingerprint density at radius 1 is 1.45 bits per heavy atom. The van der Waals surface area contributed by atoms with E-state index in [-0.39, 0.29) is 11.0 Å². The Bertz CT molecular complexity index is 527. The minimum atomic E-state index is -1.29. The fourth-order valence-corrected chi connectivity index (χ4v) is 2.99. The molecule has 1 aliphatic rings. The molecule has 110 valence electrons. The molecule has 5 heteroatoms. The molecule has 1 saturated heterocycles. The van der Waals surface area contributed by atoms with E-state index in [1.807, 2.05) is 0 Å². The zero-order valence-corrected chi connectivity index (χ0v) is 11.9. The molecule has 0 saturated carbocycles. The van der Waals surface area contributed by atoms with E-state index in [1.54, 1.807) is 0 Å². The van der Waals surface area contributed by atoms with Crippen LogP contribution >= 0.6 is 0 Å². The summed E-state index contributed by atoms with van der Waals surface area (Å²) in [5.41, 5.74) is 6.73. The Labute approximate surface area is 118 Å². The van der Waals surface area contributed by atoms with Gasteiger partial charge in [-0.25, -0.2) is 9.18 Å². The minimum Gasteiger partial charge on any atom is -0.478 e. The first-order valence-corrected chi connectivity index (χ1v) is 6.99. The number of carboxylic acids is 1. The summed E-state index contributed by atoms with van der Waals surface area (Å²) in [6, 6.07) is 2.46. The fraction of sp³-hybridized carbons (Fsp3) is 0.533. The van der Waals surface area contributed by atoms with E-state index in [1.165, 1.54) is 12.1 Å². The molecule has 4 nitrogen and oxygen atoms in total. The smallest absolute Gasteiger partial charge is 0.338 e. The molecule has 1 aliphatic heterocycles. The van der Waals surface area contributed by atoms with Crippen molar-refractivity contribution in [2.45, 2.75) is 33.1 Å². The van der Waals surface area contributed by atoms with Gasteiger partial charge in [-0.15, -0.1) is 0 Å². The highest BCUT2D eigenvalue weighted by Crippen LogP contribution is 2.40. The molecule has 20 heavy (non-hydrogen) atoms. The summed E-state index contributed by atoms with van der Waals surface area (Å²) in [5, 5.41) is 8.90. The van der Waals surface area contributed by atoms with Gasteiger partial charge in [0, 0.05) is 19.2 Å². The van der Waals surface area contributed by atoms with Gasteiger partial charge >= 0.3 is 5.97 Å². The SMILES string of the molecule is CCC1(CC)CCN(c2cc(F)c(C(=O)O)cc2N)C1. The number of carboxylic acid groups (broad SMARTS) is 1. The van der Waals surface area contributed by atoms with E-state index in [0.717, 1.165) is 32.4 Å². The van der Waals surface area contributed by atoms with E-state index in [9.17, 15) is 9.18 Å². The second-order valence-corrected chi connectivity index (χ2v) is 5.57. The van der Waals surface area contributed by atoms with Crippen molar-refractivity contribution in [3.63, 3.8) is 0 Å². The van der Waals surface area contributed by atoms with Crippen molar-refractivity contribution < 1.29 is 14.3 Å². The maximum atomic E-state index is 13.8. The number of halogens is 1. The maximum absolute atomic E-state index is 13.8. The third-order valence-electron chi connectivity index (χ3n) is 4.63. The highest BCUT2D eigenvalue weighted by atomic mass is 19.1. The van der Waals surface area contributed by atoms with Crippen LogP contribution in [0.4, 0.5) is 15.8 Å². The standard InChI is InChI=1S/C15H21FN2O2/c1-3-15(4-2)5-6-18(9-15)13-8-11(16)10(14(19)20)7-12(13)17/h7-8H,3-6,9,17H2,1-2H3,(H,19,20). The molecule has 0 radical (unpaired) electrons. The quantitative estimate of drug-likeness (QED) is 0.832. The van der Waals surface area contributed by atoms with Gasteiger partial charge in [0.05, 0.1) is 16.9 Å². The molecule has 0 unspecified atom stereocenters. The van der Waals surface area contributed by atoms with Crippen molar-refractivity contribution in [2.75, 3.05) is 23.7 Å². The van der Waals surface area contributed by atoms with Gasteiger partial charge < -0.3 is 15.7 Å². The van der Waals surface area contributed by atoms with Crippen LogP contribution in [0, 0.1) is 11.2 Å². The molecule has 0 bridgehead atoms. The van der Waals surface area contributed by atoms with Gasteiger partial charge in [0.25, 0.3) is 0 Å². The first-order chi connectivity index (χ1) is 9.42. The van der Waals surface area contributed by atoms with Crippen LogP contribution in [0.5, 0.6) is 0 Å². The lowest BCUT2D eigenvalue weighted by atomic mass is 9.82. The van der Waals surface area contributed by atoms with E-state index in [2.05, 4.69) is 18.7 Å². The highest BCUT2D eigenvalue weighted by Gasteiger charge is 2.35. The van der Waals surface area contributed by atoms with Crippen LogP contribution in [0.3, 0.4) is 0 Å². The van der Waals surface area contributed by atoms with Crippen LogP contribution in [0.15, 0.2) is 12.1 Å². The van der Waals surface area contributed by atoms with Crippen LogP contribution < -0.4 is 10.6 Å². The number of aromatic carboxylic acids is 1.